The third-order valence-corrected chi connectivity index (χ3v) is 4.44. The molecular weight excluding hydrogens is 506 g/mol. The minimum absolute atomic E-state index is 0. The summed E-state index contributed by atoms with van der Waals surface area (Å²) in [6.07, 6.45) is 1.21. The van der Waals surface area contributed by atoms with E-state index in [0.29, 0.717) is 30.5 Å². The Kier molecular flexibility index (Phi) is 11.6. The van der Waals surface area contributed by atoms with Gasteiger partial charge in [0.15, 0.2) is 5.96 Å². The van der Waals surface area contributed by atoms with Crippen LogP contribution in [0, 0.1) is 11.7 Å². The summed E-state index contributed by atoms with van der Waals surface area (Å²) < 4.78 is 13.0. The molecule has 8 heteroatoms. The zero-order valence-corrected chi connectivity index (χ0v) is 19.4. The molecule has 4 N–H and O–H groups in total. The SMILES string of the molecule is CCNC(=NCC(Cc1ccc(F)cc1)C(N)=O)NCCc1cccc(Cl)c1.I. The van der Waals surface area contributed by atoms with Crippen LogP contribution in [0.4, 0.5) is 4.39 Å². The number of hydrogen-bond donors (Lipinski definition) is 3. The summed E-state index contributed by atoms with van der Waals surface area (Å²) in [7, 11) is 0. The van der Waals surface area contributed by atoms with Crippen molar-refractivity contribution in [2.75, 3.05) is 19.6 Å². The van der Waals surface area contributed by atoms with E-state index < -0.39 is 11.8 Å². The number of carbonyl (C=O) groups excluding carboxylic acids is 1. The minimum atomic E-state index is -0.464. The van der Waals surface area contributed by atoms with Crippen molar-refractivity contribution in [1.82, 2.24) is 10.6 Å². The molecule has 5 nitrogen and oxygen atoms in total. The summed E-state index contributed by atoms with van der Waals surface area (Å²) >= 11 is 6.00. The molecule has 29 heavy (non-hydrogen) atoms. The molecule has 2 aromatic carbocycles. The van der Waals surface area contributed by atoms with Crippen LogP contribution in [0.2, 0.25) is 5.02 Å². The number of guanidine groups is 1. The summed E-state index contributed by atoms with van der Waals surface area (Å²) in [6, 6.07) is 13.8. The molecule has 0 fully saturated rings. The minimum Gasteiger partial charge on any atom is -0.369 e. The molecular formula is C21H27ClFIN4O. The zero-order chi connectivity index (χ0) is 20.4. The molecule has 0 aliphatic rings. The zero-order valence-electron chi connectivity index (χ0n) is 16.3. The molecule has 1 unspecified atom stereocenters. The largest absolute Gasteiger partial charge is 0.369 e. The molecule has 0 heterocycles. The molecule has 0 saturated heterocycles. The van der Waals surface area contributed by atoms with Gasteiger partial charge in [-0.15, -0.1) is 24.0 Å². The number of carbonyl (C=O) groups is 1. The molecule has 2 rings (SSSR count). The Hall–Kier alpha value is -1.87. The summed E-state index contributed by atoms with van der Waals surface area (Å²) in [5, 5.41) is 7.12. The van der Waals surface area contributed by atoms with Crippen molar-refractivity contribution in [3.8, 4) is 0 Å². The normalized spacial score (nSPS) is 12.0. The molecule has 2 aromatic rings. The van der Waals surface area contributed by atoms with Crippen LogP contribution in [0.15, 0.2) is 53.5 Å². The van der Waals surface area contributed by atoms with Gasteiger partial charge in [-0.2, -0.15) is 0 Å². The van der Waals surface area contributed by atoms with E-state index in [2.05, 4.69) is 15.6 Å². The summed E-state index contributed by atoms with van der Waals surface area (Å²) in [6.45, 7) is 3.59. The molecule has 1 atom stereocenters. The Balaban J connectivity index is 0.00000420. The average Bonchev–Trinajstić information content (AvgIpc) is 2.66. The second-order valence-electron chi connectivity index (χ2n) is 6.46. The van der Waals surface area contributed by atoms with Crippen molar-refractivity contribution in [3.05, 3.63) is 70.5 Å². The molecule has 0 aromatic heterocycles. The topological polar surface area (TPSA) is 79.5 Å². The third kappa shape index (κ3) is 9.45. The van der Waals surface area contributed by atoms with Gasteiger partial charge >= 0.3 is 0 Å². The van der Waals surface area contributed by atoms with Crippen LogP contribution < -0.4 is 16.4 Å². The fourth-order valence-electron chi connectivity index (χ4n) is 2.72. The summed E-state index contributed by atoms with van der Waals surface area (Å²) in [4.78, 5) is 16.3. The Labute approximate surface area is 193 Å². The molecule has 1 amide bonds. The van der Waals surface area contributed by atoms with Gasteiger partial charge in [0.2, 0.25) is 5.91 Å². The van der Waals surface area contributed by atoms with Gasteiger partial charge in [-0.05, 0) is 55.2 Å². The standard InChI is InChI=1S/C21H26ClFN4O.HI/c1-2-25-21(26-11-10-15-4-3-5-18(22)13-15)27-14-17(20(24)28)12-16-6-8-19(23)9-7-16;/h3-9,13,17H,2,10-12,14H2,1H3,(H2,24,28)(H2,25,26,27);1H. The number of nitrogens with zero attached hydrogens (tertiary/aromatic N) is 1. The van der Waals surface area contributed by atoms with E-state index in [1.807, 2.05) is 31.2 Å². The van der Waals surface area contributed by atoms with Crippen LogP contribution in [0.5, 0.6) is 0 Å². The number of aliphatic imine (C=N–C) groups is 1. The fourth-order valence-corrected chi connectivity index (χ4v) is 2.93. The second kappa shape index (κ2) is 13.4. The molecule has 0 radical (unpaired) electrons. The number of rotatable bonds is 9. The maximum absolute atomic E-state index is 13.0. The highest BCUT2D eigenvalue weighted by atomic mass is 127. The molecule has 0 spiro atoms. The van der Waals surface area contributed by atoms with Gasteiger partial charge in [-0.1, -0.05) is 35.9 Å². The van der Waals surface area contributed by atoms with Crippen LogP contribution in [0.1, 0.15) is 18.1 Å². The van der Waals surface area contributed by atoms with E-state index in [1.165, 1.54) is 12.1 Å². The number of benzene rings is 2. The maximum atomic E-state index is 13.0. The molecule has 0 saturated carbocycles. The summed E-state index contributed by atoms with van der Waals surface area (Å²) in [5.74, 6) is -0.581. The Morgan fingerprint density at radius 1 is 1.17 bits per heavy atom. The molecule has 0 bridgehead atoms. The Bertz CT molecular complexity index is 802. The smallest absolute Gasteiger partial charge is 0.222 e. The highest BCUT2D eigenvalue weighted by Gasteiger charge is 2.16. The van der Waals surface area contributed by atoms with E-state index >= 15 is 0 Å². The molecule has 0 aliphatic carbocycles. The number of primary amides is 1. The number of hydrogen-bond acceptors (Lipinski definition) is 2. The van der Waals surface area contributed by atoms with E-state index in [-0.39, 0.29) is 36.3 Å². The average molecular weight is 533 g/mol. The highest BCUT2D eigenvalue weighted by molar-refractivity contribution is 14.0. The summed E-state index contributed by atoms with van der Waals surface area (Å²) in [5.41, 5.74) is 7.50. The lowest BCUT2D eigenvalue weighted by atomic mass is 9.99. The predicted octanol–water partition coefficient (Wildman–Crippen LogP) is 3.54. The predicted molar refractivity (Wildman–Crippen MR) is 127 cm³/mol. The van der Waals surface area contributed by atoms with Crippen LogP contribution in [0.3, 0.4) is 0 Å². The van der Waals surface area contributed by atoms with Gasteiger partial charge in [-0.3, -0.25) is 9.79 Å². The van der Waals surface area contributed by atoms with Crippen LogP contribution in [0.25, 0.3) is 0 Å². The quantitative estimate of drug-likeness (QED) is 0.263. The maximum Gasteiger partial charge on any atom is 0.222 e. The number of halogens is 3. The van der Waals surface area contributed by atoms with Crippen molar-refractivity contribution in [3.63, 3.8) is 0 Å². The first kappa shape index (κ1) is 25.2. The number of nitrogens with one attached hydrogen (secondary N) is 2. The first-order chi connectivity index (χ1) is 13.5. The monoisotopic (exact) mass is 532 g/mol. The van der Waals surface area contributed by atoms with Crippen molar-refractivity contribution >= 4 is 47.4 Å². The van der Waals surface area contributed by atoms with Gasteiger partial charge in [0, 0.05) is 18.1 Å². The van der Waals surface area contributed by atoms with Gasteiger partial charge < -0.3 is 16.4 Å². The first-order valence-electron chi connectivity index (χ1n) is 9.28. The van der Waals surface area contributed by atoms with E-state index in [9.17, 15) is 9.18 Å². The van der Waals surface area contributed by atoms with Crippen LogP contribution in [-0.4, -0.2) is 31.5 Å². The van der Waals surface area contributed by atoms with Crippen molar-refractivity contribution in [1.29, 1.82) is 0 Å². The lowest BCUT2D eigenvalue weighted by molar-refractivity contribution is -0.121. The number of amides is 1. The molecule has 158 valence electrons. The van der Waals surface area contributed by atoms with E-state index in [4.69, 9.17) is 17.3 Å². The fraction of sp³-hybridized carbons (Fsp3) is 0.333. The van der Waals surface area contributed by atoms with Crippen LogP contribution >= 0.6 is 35.6 Å². The third-order valence-electron chi connectivity index (χ3n) is 4.21. The van der Waals surface area contributed by atoms with Gasteiger partial charge in [0.05, 0.1) is 12.5 Å². The van der Waals surface area contributed by atoms with Gasteiger partial charge in [0.1, 0.15) is 5.82 Å². The lowest BCUT2D eigenvalue weighted by Gasteiger charge is -2.15. The highest BCUT2D eigenvalue weighted by Crippen LogP contribution is 2.11. The van der Waals surface area contributed by atoms with Gasteiger partial charge in [0.25, 0.3) is 0 Å². The lowest BCUT2D eigenvalue weighted by Crippen LogP contribution is -2.39. The van der Waals surface area contributed by atoms with Crippen molar-refractivity contribution in [2.24, 2.45) is 16.6 Å². The second-order valence-corrected chi connectivity index (χ2v) is 6.89. The van der Waals surface area contributed by atoms with Crippen molar-refractivity contribution < 1.29 is 9.18 Å². The first-order valence-corrected chi connectivity index (χ1v) is 9.66. The Morgan fingerprint density at radius 3 is 2.52 bits per heavy atom. The van der Waals surface area contributed by atoms with E-state index in [0.717, 1.165) is 17.5 Å². The molecule has 0 aliphatic heterocycles. The number of nitrogens with two attached hydrogens (primary N) is 1. The van der Waals surface area contributed by atoms with Crippen LogP contribution in [-0.2, 0) is 17.6 Å². The van der Waals surface area contributed by atoms with E-state index in [1.54, 1.807) is 12.1 Å². The Morgan fingerprint density at radius 2 is 1.90 bits per heavy atom. The van der Waals surface area contributed by atoms with Gasteiger partial charge in [-0.25, -0.2) is 4.39 Å². The van der Waals surface area contributed by atoms with Crippen molar-refractivity contribution in [2.45, 2.75) is 19.8 Å².